The van der Waals surface area contributed by atoms with Crippen molar-refractivity contribution in [2.45, 2.75) is 70.2 Å². The topological polar surface area (TPSA) is 106 Å². The molecule has 1 N–H and O–H groups in total. The number of hydrogen-bond donors (Lipinski definition) is 1. The van der Waals surface area contributed by atoms with Crippen LogP contribution in [0.25, 0.3) is 5.82 Å². The number of rotatable bonds is 8. The second kappa shape index (κ2) is 8.80. The molecule has 3 aromatic rings. The highest BCUT2D eigenvalue weighted by atomic mass is 32.2. The van der Waals surface area contributed by atoms with Gasteiger partial charge in [-0.3, -0.25) is 4.79 Å². The lowest BCUT2D eigenvalue weighted by Gasteiger charge is -2.34. The molecule has 9 nitrogen and oxygen atoms in total. The van der Waals surface area contributed by atoms with E-state index in [1.807, 2.05) is 12.3 Å². The van der Waals surface area contributed by atoms with Crippen LogP contribution in [0.15, 0.2) is 53.6 Å². The summed E-state index contributed by atoms with van der Waals surface area (Å²) in [5.41, 5.74) is 1.66. The lowest BCUT2D eigenvalue weighted by atomic mass is 9.97. The molecule has 216 valence electrons. The standard InChI is InChI=1S/C31H37N5O4S/c1-20-17-29(3,4)35(18-20)27-22(28(37)34-41(38,39)23-8-6-5-7-21(23)2)9-10-25(32-27)36-16-11-26(33-36)40-19-24-30(12-13-30)31(24)14-15-31/h5-11,16,20,24H,12-15,17-19H2,1-4H3,(H,34,37). The molecule has 4 fully saturated rings. The van der Waals surface area contributed by atoms with E-state index in [0.717, 1.165) is 6.42 Å². The number of aromatic nitrogens is 3. The van der Waals surface area contributed by atoms with Gasteiger partial charge in [0.1, 0.15) is 5.82 Å². The van der Waals surface area contributed by atoms with Crippen molar-refractivity contribution in [1.82, 2.24) is 19.5 Å². The number of fused-ring (bicyclic) bond motifs is 1. The number of ether oxygens (including phenoxy) is 1. The van der Waals surface area contributed by atoms with E-state index in [1.165, 1.54) is 31.7 Å². The lowest BCUT2D eigenvalue weighted by Crippen LogP contribution is -2.41. The summed E-state index contributed by atoms with van der Waals surface area (Å²) in [6, 6.07) is 11.8. The summed E-state index contributed by atoms with van der Waals surface area (Å²) in [6.45, 7) is 9.52. The zero-order valence-corrected chi connectivity index (χ0v) is 24.9. The highest BCUT2D eigenvalue weighted by Crippen LogP contribution is 2.92. The zero-order chi connectivity index (χ0) is 28.8. The predicted octanol–water partition coefficient (Wildman–Crippen LogP) is 4.89. The zero-order valence-electron chi connectivity index (χ0n) is 24.1. The summed E-state index contributed by atoms with van der Waals surface area (Å²) < 4.78 is 36.4. The Hall–Kier alpha value is -3.40. The molecular weight excluding hydrogens is 538 g/mol. The molecule has 7 rings (SSSR count). The van der Waals surface area contributed by atoms with Crippen LogP contribution in [0.2, 0.25) is 0 Å². The molecule has 3 aliphatic carbocycles. The predicted molar refractivity (Wildman–Crippen MR) is 155 cm³/mol. The lowest BCUT2D eigenvalue weighted by molar-refractivity contribution is 0.0981. The molecule has 3 saturated carbocycles. The Morgan fingerprint density at radius 3 is 2.41 bits per heavy atom. The number of amides is 1. The number of nitrogens with zero attached hydrogens (tertiary/aromatic N) is 4. The Labute approximate surface area is 241 Å². The maximum Gasteiger partial charge on any atom is 0.268 e. The Morgan fingerprint density at radius 1 is 1.07 bits per heavy atom. The van der Waals surface area contributed by atoms with Gasteiger partial charge in [-0.25, -0.2) is 22.8 Å². The van der Waals surface area contributed by atoms with Gasteiger partial charge in [0.2, 0.25) is 5.88 Å². The Kier molecular flexibility index (Phi) is 5.69. The van der Waals surface area contributed by atoms with E-state index in [-0.39, 0.29) is 16.0 Å². The molecule has 4 aliphatic rings. The number of carbonyl (C=O) groups excluding carboxylic acids is 1. The van der Waals surface area contributed by atoms with Crippen LogP contribution in [-0.2, 0) is 10.0 Å². The Balaban J connectivity index is 1.17. The van der Waals surface area contributed by atoms with Crippen molar-refractivity contribution in [3.05, 3.63) is 59.8 Å². The van der Waals surface area contributed by atoms with Crippen LogP contribution in [0.1, 0.15) is 68.8 Å². The van der Waals surface area contributed by atoms with Gasteiger partial charge in [0.15, 0.2) is 5.82 Å². The van der Waals surface area contributed by atoms with Gasteiger partial charge in [-0.1, -0.05) is 25.1 Å². The van der Waals surface area contributed by atoms with Gasteiger partial charge in [0.25, 0.3) is 15.9 Å². The van der Waals surface area contributed by atoms with Gasteiger partial charge >= 0.3 is 0 Å². The molecule has 10 heteroatoms. The third-order valence-corrected chi connectivity index (χ3v) is 11.6. The first-order valence-electron chi connectivity index (χ1n) is 14.6. The molecule has 1 amide bonds. The summed E-state index contributed by atoms with van der Waals surface area (Å²) in [5.74, 6) is 1.88. The number of nitrogens with one attached hydrogen (secondary N) is 1. The molecule has 0 bridgehead atoms. The molecule has 2 aromatic heterocycles. The average Bonchev–Trinajstić information content (AvgIpc) is 3.87. The quantitative estimate of drug-likeness (QED) is 0.408. The first-order valence-corrected chi connectivity index (χ1v) is 16.0. The normalized spacial score (nSPS) is 23.1. The third kappa shape index (κ3) is 4.24. The molecule has 3 heterocycles. The third-order valence-electron chi connectivity index (χ3n) is 10.1. The fourth-order valence-corrected chi connectivity index (χ4v) is 9.01. The van der Waals surface area contributed by atoms with E-state index in [1.54, 1.807) is 41.9 Å². The monoisotopic (exact) mass is 575 g/mol. The molecule has 1 aromatic carbocycles. The van der Waals surface area contributed by atoms with E-state index in [9.17, 15) is 13.2 Å². The van der Waals surface area contributed by atoms with Crippen LogP contribution in [0.4, 0.5) is 5.82 Å². The molecule has 1 aliphatic heterocycles. The molecule has 41 heavy (non-hydrogen) atoms. The van der Waals surface area contributed by atoms with Crippen LogP contribution in [0, 0.1) is 29.6 Å². The van der Waals surface area contributed by atoms with E-state index in [2.05, 4.69) is 35.5 Å². The fourth-order valence-electron chi connectivity index (χ4n) is 7.80. The van der Waals surface area contributed by atoms with Crippen molar-refractivity contribution in [2.75, 3.05) is 18.1 Å². The molecular formula is C31H37N5O4S. The maximum atomic E-state index is 13.5. The molecule has 1 atom stereocenters. The van der Waals surface area contributed by atoms with Crippen LogP contribution in [0.3, 0.4) is 0 Å². The van der Waals surface area contributed by atoms with Gasteiger partial charge in [-0.2, -0.15) is 0 Å². The maximum absolute atomic E-state index is 13.5. The smallest absolute Gasteiger partial charge is 0.268 e. The number of hydrogen-bond acceptors (Lipinski definition) is 7. The van der Waals surface area contributed by atoms with Crippen molar-refractivity contribution >= 4 is 21.7 Å². The number of anilines is 1. The van der Waals surface area contributed by atoms with Gasteiger partial charge in [-0.15, -0.1) is 5.10 Å². The Bertz CT molecular complexity index is 1640. The summed E-state index contributed by atoms with van der Waals surface area (Å²) in [5, 5.41) is 4.64. The van der Waals surface area contributed by atoms with Crippen LogP contribution < -0.4 is 14.4 Å². The number of sulfonamides is 1. The van der Waals surface area contributed by atoms with Crippen molar-refractivity contribution in [3.63, 3.8) is 0 Å². The van der Waals surface area contributed by atoms with E-state index >= 15 is 0 Å². The first-order chi connectivity index (χ1) is 19.5. The number of carbonyl (C=O) groups is 1. The van der Waals surface area contributed by atoms with Crippen LogP contribution in [-0.4, -0.2) is 47.8 Å². The number of benzene rings is 1. The van der Waals surface area contributed by atoms with Crippen molar-refractivity contribution in [2.24, 2.45) is 22.7 Å². The molecule has 2 spiro atoms. The molecule has 0 radical (unpaired) electrons. The van der Waals surface area contributed by atoms with E-state index in [4.69, 9.17) is 9.72 Å². The second-order valence-electron chi connectivity index (χ2n) is 13.2. The number of aryl methyl sites for hydroxylation is 1. The minimum absolute atomic E-state index is 0.0742. The summed E-state index contributed by atoms with van der Waals surface area (Å²) >= 11 is 0. The molecule has 1 saturated heterocycles. The SMILES string of the molecule is Cc1ccccc1S(=O)(=O)NC(=O)c1ccc(-n2ccc(OCC3C4(CC4)C34CC4)n2)nc1N1CC(C)CC1(C)C. The first kappa shape index (κ1) is 26.5. The van der Waals surface area contributed by atoms with Gasteiger partial charge in [0.05, 0.1) is 17.1 Å². The summed E-state index contributed by atoms with van der Waals surface area (Å²) in [7, 11) is -4.07. The van der Waals surface area contributed by atoms with Crippen LogP contribution >= 0.6 is 0 Å². The average molecular weight is 576 g/mol. The van der Waals surface area contributed by atoms with Gasteiger partial charge in [-0.05, 0) is 93.4 Å². The molecule has 1 unspecified atom stereocenters. The summed E-state index contributed by atoms with van der Waals surface area (Å²) in [4.78, 5) is 20.6. The highest BCUT2D eigenvalue weighted by molar-refractivity contribution is 7.90. The second-order valence-corrected chi connectivity index (χ2v) is 14.9. The van der Waals surface area contributed by atoms with Gasteiger partial charge < -0.3 is 9.64 Å². The number of pyridine rings is 1. The Morgan fingerprint density at radius 2 is 1.78 bits per heavy atom. The van der Waals surface area contributed by atoms with E-state index < -0.39 is 15.9 Å². The van der Waals surface area contributed by atoms with Crippen molar-refractivity contribution in [1.29, 1.82) is 0 Å². The summed E-state index contributed by atoms with van der Waals surface area (Å²) in [6.07, 6.45) is 8.12. The fraction of sp³-hybridized carbons (Fsp3) is 0.516. The van der Waals surface area contributed by atoms with Crippen molar-refractivity contribution in [3.8, 4) is 11.7 Å². The van der Waals surface area contributed by atoms with Gasteiger partial charge in [0, 0.05) is 30.3 Å². The van der Waals surface area contributed by atoms with Crippen LogP contribution in [0.5, 0.6) is 5.88 Å². The minimum Gasteiger partial charge on any atom is -0.476 e. The largest absolute Gasteiger partial charge is 0.476 e. The van der Waals surface area contributed by atoms with E-state index in [0.29, 0.717) is 58.9 Å². The highest BCUT2D eigenvalue weighted by Gasteiger charge is 2.86. The minimum atomic E-state index is -4.07. The van der Waals surface area contributed by atoms with Crippen molar-refractivity contribution < 1.29 is 17.9 Å².